The van der Waals surface area contributed by atoms with Gasteiger partial charge >= 0.3 is 0 Å². The molecule has 1 aromatic heterocycles. The largest absolute Gasteiger partial charge is 0.379 e. The van der Waals surface area contributed by atoms with E-state index in [1.54, 1.807) is 25.6 Å². The SMILES string of the molecule is COC1CNCCC1C(=O)Nc1cccnc1. The number of carbonyl (C=O) groups is 1. The van der Waals surface area contributed by atoms with E-state index < -0.39 is 0 Å². The zero-order chi connectivity index (χ0) is 12.1. The molecule has 0 aliphatic carbocycles. The normalized spacial score (nSPS) is 24.3. The van der Waals surface area contributed by atoms with Gasteiger partial charge in [0.25, 0.3) is 0 Å². The van der Waals surface area contributed by atoms with Crippen LogP contribution in [0, 0.1) is 5.92 Å². The molecule has 2 heterocycles. The van der Waals surface area contributed by atoms with Crippen LogP contribution in [-0.2, 0) is 9.53 Å². The van der Waals surface area contributed by atoms with E-state index in [4.69, 9.17) is 4.74 Å². The van der Waals surface area contributed by atoms with E-state index in [1.807, 2.05) is 6.07 Å². The summed E-state index contributed by atoms with van der Waals surface area (Å²) in [5, 5.41) is 6.08. The van der Waals surface area contributed by atoms with Crippen LogP contribution in [0.4, 0.5) is 5.69 Å². The summed E-state index contributed by atoms with van der Waals surface area (Å²) in [6, 6.07) is 3.62. The molecule has 0 radical (unpaired) electrons. The minimum atomic E-state index is -0.0959. The molecule has 5 heteroatoms. The van der Waals surface area contributed by atoms with Crippen molar-refractivity contribution in [1.82, 2.24) is 10.3 Å². The lowest BCUT2D eigenvalue weighted by Crippen LogP contribution is -2.46. The standard InChI is InChI=1S/C12H17N3O2/c1-17-11-8-14-6-4-10(11)12(16)15-9-3-2-5-13-7-9/h2-3,5,7,10-11,14H,4,6,8H2,1H3,(H,15,16). The second kappa shape index (κ2) is 5.75. The molecule has 0 saturated carbocycles. The van der Waals surface area contributed by atoms with E-state index in [0.29, 0.717) is 0 Å². The molecule has 2 unspecified atom stereocenters. The highest BCUT2D eigenvalue weighted by molar-refractivity contribution is 5.92. The van der Waals surface area contributed by atoms with Gasteiger partial charge in [-0.25, -0.2) is 0 Å². The summed E-state index contributed by atoms with van der Waals surface area (Å²) in [4.78, 5) is 16.1. The quantitative estimate of drug-likeness (QED) is 0.807. The third kappa shape index (κ3) is 3.01. The Hall–Kier alpha value is -1.46. The number of pyridine rings is 1. The Kier molecular flexibility index (Phi) is 4.06. The summed E-state index contributed by atoms with van der Waals surface area (Å²) >= 11 is 0. The third-order valence-corrected chi connectivity index (χ3v) is 3.00. The van der Waals surface area contributed by atoms with Crippen molar-refractivity contribution >= 4 is 11.6 Å². The lowest BCUT2D eigenvalue weighted by molar-refractivity contribution is -0.125. The number of hydrogen-bond acceptors (Lipinski definition) is 4. The van der Waals surface area contributed by atoms with Gasteiger partial charge in [-0.2, -0.15) is 0 Å². The van der Waals surface area contributed by atoms with Gasteiger partial charge in [-0.3, -0.25) is 9.78 Å². The Balaban J connectivity index is 1.99. The molecular weight excluding hydrogens is 218 g/mol. The number of ether oxygens (including phenoxy) is 1. The van der Waals surface area contributed by atoms with E-state index in [0.717, 1.165) is 25.2 Å². The number of rotatable bonds is 3. The van der Waals surface area contributed by atoms with Gasteiger partial charge in [-0.15, -0.1) is 0 Å². The zero-order valence-electron chi connectivity index (χ0n) is 9.85. The molecule has 1 fully saturated rings. The Morgan fingerprint density at radius 1 is 1.65 bits per heavy atom. The van der Waals surface area contributed by atoms with Crippen LogP contribution in [0.5, 0.6) is 0 Å². The summed E-state index contributed by atoms with van der Waals surface area (Å²) in [5.74, 6) is -0.0900. The summed E-state index contributed by atoms with van der Waals surface area (Å²) in [6.45, 7) is 1.58. The first-order valence-electron chi connectivity index (χ1n) is 5.75. The topological polar surface area (TPSA) is 63.2 Å². The fourth-order valence-corrected chi connectivity index (χ4v) is 2.05. The van der Waals surface area contributed by atoms with Gasteiger partial charge < -0.3 is 15.4 Å². The smallest absolute Gasteiger partial charge is 0.230 e. The molecular formula is C12H17N3O2. The number of aromatic nitrogens is 1. The van der Waals surface area contributed by atoms with Crippen molar-refractivity contribution in [2.45, 2.75) is 12.5 Å². The zero-order valence-corrected chi connectivity index (χ0v) is 9.85. The molecule has 1 saturated heterocycles. The van der Waals surface area contributed by atoms with E-state index in [1.165, 1.54) is 0 Å². The molecule has 5 nitrogen and oxygen atoms in total. The van der Waals surface area contributed by atoms with E-state index in [-0.39, 0.29) is 17.9 Å². The molecule has 1 amide bonds. The summed E-state index contributed by atoms with van der Waals surface area (Å²) < 4.78 is 5.32. The van der Waals surface area contributed by atoms with Crippen LogP contribution in [0.3, 0.4) is 0 Å². The Bertz CT molecular complexity index is 369. The van der Waals surface area contributed by atoms with Crippen LogP contribution in [0.15, 0.2) is 24.5 Å². The van der Waals surface area contributed by atoms with Crippen molar-refractivity contribution in [3.05, 3.63) is 24.5 Å². The first-order chi connectivity index (χ1) is 8.31. The molecule has 2 rings (SSSR count). The van der Waals surface area contributed by atoms with Crippen LogP contribution in [0.25, 0.3) is 0 Å². The highest BCUT2D eigenvalue weighted by atomic mass is 16.5. The predicted molar refractivity (Wildman–Crippen MR) is 64.6 cm³/mol. The van der Waals surface area contributed by atoms with Crippen molar-refractivity contribution in [1.29, 1.82) is 0 Å². The maximum absolute atomic E-state index is 12.1. The van der Waals surface area contributed by atoms with Crippen molar-refractivity contribution in [3.63, 3.8) is 0 Å². The highest BCUT2D eigenvalue weighted by Gasteiger charge is 2.30. The van der Waals surface area contributed by atoms with Crippen molar-refractivity contribution in [2.24, 2.45) is 5.92 Å². The second-order valence-corrected chi connectivity index (χ2v) is 4.10. The minimum absolute atomic E-state index is 0.00588. The van der Waals surface area contributed by atoms with Crippen LogP contribution >= 0.6 is 0 Å². The molecule has 2 N–H and O–H groups in total. The van der Waals surface area contributed by atoms with Gasteiger partial charge in [0.2, 0.25) is 5.91 Å². The molecule has 1 aliphatic heterocycles. The number of carbonyl (C=O) groups excluding carboxylic acids is 1. The van der Waals surface area contributed by atoms with Gasteiger partial charge in [0.1, 0.15) is 0 Å². The molecule has 2 atom stereocenters. The van der Waals surface area contributed by atoms with E-state index >= 15 is 0 Å². The lowest BCUT2D eigenvalue weighted by Gasteiger charge is -2.29. The molecule has 0 aromatic carbocycles. The first kappa shape index (κ1) is 12.0. The van der Waals surface area contributed by atoms with Crippen molar-refractivity contribution in [2.75, 3.05) is 25.5 Å². The molecule has 0 bridgehead atoms. The molecule has 17 heavy (non-hydrogen) atoms. The number of anilines is 1. The monoisotopic (exact) mass is 235 g/mol. The Labute approximate surface area is 101 Å². The predicted octanol–water partition coefficient (Wildman–Crippen LogP) is 0.645. The lowest BCUT2D eigenvalue weighted by atomic mass is 9.94. The van der Waals surface area contributed by atoms with Crippen LogP contribution in [0.1, 0.15) is 6.42 Å². The number of piperidine rings is 1. The van der Waals surface area contributed by atoms with Gasteiger partial charge in [0.15, 0.2) is 0 Å². The molecule has 1 aliphatic rings. The van der Waals surface area contributed by atoms with Gasteiger partial charge in [-0.05, 0) is 25.1 Å². The summed E-state index contributed by atoms with van der Waals surface area (Å²) in [6.07, 6.45) is 4.06. The molecule has 0 spiro atoms. The maximum atomic E-state index is 12.1. The molecule has 1 aromatic rings. The number of nitrogens with zero attached hydrogens (tertiary/aromatic N) is 1. The van der Waals surface area contributed by atoms with Crippen molar-refractivity contribution in [3.8, 4) is 0 Å². The van der Waals surface area contributed by atoms with Crippen molar-refractivity contribution < 1.29 is 9.53 Å². The van der Waals surface area contributed by atoms with Crippen LogP contribution in [-0.4, -0.2) is 37.2 Å². The molecule has 92 valence electrons. The van der Waals surface area contributed by atoms with Gasteiger partial charge in [0.05, 0.1) is 23.9 Å². The highest BCUT2D eigenvalue weighted by Crippen LogP contribution is 2.17. The second-order valence-electron chi connectivity index (χ2n) is 4.10. The van der Waals surface area contributed by atoms with Gasteiger partial charge in [0, 0.05) is 19.9 Å². The van der Waals surface area contributed by atoms with E-state index in [9.17, 15) is 4.79 Å². The fourth-order valence-electron chi connectivity index (χ4n) is 2.05. The number of amides is 1. The number of hydrogen-bond donors (Lipinski definition) is 2. The Morgan fingerprint density at radius 3 is 3.24 bits per heavy atom. The Morgan fingerprint density at radius 2 is 2.53 bits per heavy atom. The summed E-state index contributed by atoms with van der Waals surface area (Å²) in [5.41, 5.74) is 0.728. The summed E-state index contributed by atoms with van der Waals surface area (Å²) in [7, 11) is 1.64. The van der Waals surface area contributed by atoms with Gasteiger partial charge in [-0.1, -0.05) is 0 Å². The third-order valence-electron chi connectivity index (χ3n) is 3.00. The minimum Gasteiger partial charge on any atom is -0.379 e. The van der Waals surface area contributed by atoms with Crippen LogP contribution in [0.2, 0.25) is 0 Å². The average Bonchev–Trinajstić information content (AvgIpc) is 2.40. The average molecular weight is 235 g/mol. The van der Waals surface area contributed by atoms with Crippen LogP contribution < -0.4 is 10.6 Å². The number of nitrogens with one attached hydrogen (secondary N) is 2. The first-order valence-corrected chi connectivity index (χ1v) is 5.75. The maximum Gasteiger partial charge on any atom is 0.230 e. The van der Waals surface area contributed by atoms with E-state index in [2.05, 4.69) is 15.6 Å². The fraction of sp³-hybridized carbons (Fsp3) is 0.500. The number of methoxy groups -OCH3 is 1.